The van der Waals surface area contributed by atoms with Crippen molar-refractivity contribution >= 4 is 11.6 Å². The van der Waals surface area contributed by atoms with E-state index in [0.717, 1.165) is 39.0 Å². The van der Waals surface area contributed by atoms with Crippen molar-refractivity contribution in [2.24, 2.45) is 0 Å². The molecule has 126 valence electrons. The number of hydrogen-bond acceptors (Lipinski definition) is 3. The monoisotopic (exact) mass is 315 g/mol. The molecule has 1 saturated carbocycles. The van der Waals surface area contributed by atoms with Gasteiger partial charge in [0.1, 0.15) is 0 Å². The van der Waals surface area contributed by atoms with Crippen LogP contribution in [0.4, 0.5) is 5.69 Å². The summed E-state index contributed by atoms with van der Waals surface area (Å²) in [7, 11) is 0. The Morgan fingerprint density at radius 2 is 1.70 bits per heavy atom. The number of carbonyl (C=O) groups excluding carboxylic acids is 1. The maximum Gasteiger partial charge on any atom is 0.237 e. The van der Waals surface area contributed by atoms with Crippen LogP contribution in [0.5, 0.6) is 0 Å². The minimum Gasteiger partial charge on any atom is -0.369 e. The van der Waals surface area contributed by atoms with Gasteiger partial charge in [0, 0.05) is 37.9 Å². The minimum absolute atomic E-state index is 0.0187. The van der Waals surface area contributed by atoms with Crippen molar-refractivity contribution in [3.8, 4) is 0 Å². The molecule has 1 atom stereocenters. The van der Waals surface area contributed by atoms with Crippen LogP contribution in [-0.4, -0.2) is 49.1 Å². The number of benzene rings is 1. The molecule has 0 bridgehead atoms. The average molecular weight is 315 g/mol. The molecule has 0 spiro atoms. The normalized spacial score (nSPS) is 21.9. The average Bonchev–Trinajstić information content (AvgIpc) is 2.63. The molecule has 1 saturated heterocycles. The molecule has 1 aromatic carbocycles. The van der Waals surface area contributed by atoms with Crippen molar-refractivity contribution in [2.75, 3.05) is 31.1 Å². The molecule has 1 N–H and O–H groups in total. The van der Waals surface area contributed by atoms with E-state index in [1.165, 1.54) is 24.9 Å². The Hall–Kier alpha value is -1.55. The SMILES string of the molecule is C[C@@H](C(=O)NC1CCCCC1)N1CCN(c2ccccc2)CC1. The molecule has 2 aliphatic rings. The highest BCUT2D eigenvalue weighted by Gasteiger charge is 2.27. The zero-order chi connectivity index (χ0) is 16.1. The van der Waals surface area contributed by atoms with E-state index >= 15 is 0 Å². The molecule has 1 heterocycles. The largest absolute Gasteiger partial charge is 0.369 e. The molecular weight excluding hydrogens is 286 g/mol. The van der Waals surface area contributed by atoms with E-state index in [-0.39, 0.29) is 11.9 Å². The van der Waals surface area contributed by atoms with Gasteiger partial charge in [-0.25, -0.2) is 0 Å². The predicted octanol–water partition coefficient (Wildman–Crippen LogP) is 2.65. The van der Waals surface area contributed by atoms with Crippen LogP contribution in [-0.2, 0) is 4.79 Å². The fraction of sp³-hybridized carbons (Fsp3) is 0.632. The number of nitrogens with zero attached hydrogens (tertiary/aromatic N) is 2. The van der Waals surface area contributed by atoms with Crippen molar-refractivity contribution < 1.29 is 4.79 Å². The lowest BCUT2D eigenvalue weighted by Crippen LogP contribution is -2.55. The molecule has 0 unspecified atom stereocenters. The molecule has 3 rings (SSSR count). The third kappa shape index (κ3) is 4.25. The number of piperazine rings is 1. The molecule has 1 amide bonds. The predicted molar refractivity (Wildman–Crippen MR) is 94.7 cm³/mol. The van der Waals surface area contributed by atoms with Crippen molar-refractivity contribution in [3.05, 3.63) is 30.3 Å². The van der Waals surface area contributed by atoms with Gasteiger partial charge in [0.05, 0.1) is 6.04 Å². The number of nitrogens with one attached hydrogen (secondary N) is 1. The van der Waals surface area contributed by atoms with E-state index < -0.39 is 0 Å². The summed E-state index contributed by atoms with van der Waals surface area (Å²) in [6, 6.07) is 10.9. The fourth-order valence-electron chi connectivity index (χ4n) is 3.74. The van der Waals surface area contributed by atoms with Crippen LogP contribution in [0.25, 0.3) is 0 Å². The summed E-state index contributed by atoms with van der Waals surface area (Å²) in [5.41, 5.74) is 1.28. The van der Waals surface area contributed by atoms with E-state index in [1.54, 1.807) is 0 Å². The number of hydrogen-bond donors (Lipinski definition) is 1. The van der Waals surface area contributed by atoms with Crippen LogP contribution < -0.4 is 10.2 Å². The molecule has 1 aromatic rings. The van der Waals surface area contributed by atoms with Crippen molar-refractivity contribution in [2.45, 2.75) is 51.1 Å². The van der Waals surface area contributed by atoms with E-state index in [2.05, 4.69) is 52.4 Å². The minimum atomic E-state index is -0.0187. The van der Waals surface area contributed by atoms with E-state index in [1.807, 2.05) is 0 Å². The van der Waals surface area contributed by atoms with Crippen molar-refractivity contribution in [3.63, 3.8) is 0 Å². The lowest BCUT2D eigenvalue weighted by molar-refractivity contribution is -0.127. The number of rotatable bonds is 4. The van der Waals surface area contributed by atoms with Gasteiger partial charge in [0.15, 0.2) is 0 Å². The Labute approximate surface area is 139 Å². The van der Waals surface area contributed by atoms with E-state index in [0.29, 0.717) is 6.04 Å². The molecule has 23 heavy (non-hydrogen) atoms. The van der Waals surface area contributed by atoms with Crippen molar-refractivity contribution in [1.29, 1.82) is 0 Å². The first-order valence-corrected chi connectivity index (χ1v) is 9.08. The highest BCUT2D eigenvalue weighted by atomic mass is 16.2. The van der Waals surface area contributed by atoms with Crippen LogP contribution in [0, 0.1) is 0 Å². The Bertz CT molecular complexity index is 491. The van der Waals surface area contributed by atoms with E-state index in [9.17, 15) is 4.79 Å². The third-order valence-corrected chi connectivity index (χ3v) is 5.31. The second-order valence-corrected chi connectivity index (χ2v) is 6.88. The standard InChI is InChI=1S/C19H29N3O/c1-16(19(23)20-17-8-4-2-5-9-17)21-12-14-22(15-13-21)18-10-6-3-7-11-18/h3,6-7,10-11,16-17H,2,4-5,8-9,12-15H2,1H3,(H,20,23)/t16-/m0/s1. The van der Waals surface area contributed by atoms with Gasteiger partial charge in [-0.2, -0.15) is 0 Å². The zero-order valence-electron chi connectivity index (χ0n) is 14.2. The summed E-state index contributed by atoms with van der Waals surface area (Å²) in [5, 5.41) is 3.26. The van der Waals surface area contributed by atoms with Gasteiger partial charge in [-0.15, -0.1) is 0 Å². The summed E-state index contributed by atoms with van der Waals surface area (Å²) in [5.74, 6) is 0.213. The van der Waals surface area contributed by atoms with Gasteiger partial charge >= 0.3 is 0 Å². The van der Waals surface area contributed by atoms with Gasteiger partial charge < -0.3 is 10.2 Å². The van der Waals surface area contributed by atoms with Crippen LogP contribution in [0.2, 0.25) is 0 Å². The zero-order valence-corrected chi connectivity index (χ0v) is 14.2. The second kappa shape index (κ2) is 7.82. The van der Waals surface area contributed by atoms with E-state index in [4.69, 9.17) is 0 Å². The molecular formula is C19H29N3O. The Morgan fingerprint density at radius 1 is 1.04 bits per heavy atom. The van der Waals surface area contributed by atoms with Gasteiger partial charge in [0.25, 0.3) is 0 Å². The van der Waals surface area contributed by atoms with Crippen LogP contribution in [0.1, 0.15) is 39.0 Å². The van der Waals surface area contributed by atoms with Gasteiger partial charge in [-0.3, -0.25) is 9.69 Å². The topological polar surface area (TPSA) is 35.6 Å². The molecule has 4 heteroatoms. The highest BCUT2D eigenvalue weighted by molar-refractivity contribution is 5.81. The molecule has 2 fully saturated rings. The number of para-hydroxylation sites is 1. The first-order chi connectivity index (χ1) is 11.2. The van der Waals surface area contributed by atoms with Crippen LogP contribution in [0.3, 0.4) is 0 Å². The maximum absolute atomic E-state index is 12.5. The number of carbonyl (C=O) groups is 1. The van der Waals surface area contributed by atoms with Gasteiger partial charge in [-0.05, 0) is 31.9 Å². The molecule has 1 aliphatic heterocycles. The van der Waals surface area contributed by atoms with Crippen molar-refractivity contribution in [1.82, 2.24) is 10.2 Å². The quantitative estimate of drug-likeness (QED) is 0.928. The maximum atomic E-state index is 12.5. The van der Waals surface area contributed by atoms with Crippen LogP contribution >= 0.6 is 0 Å². The Morgan fingerprint density at radius 3 is 2.35 bits per heavy atom. The second-order valence-electron chi connectivity index (χ2n) is 6.88. The first kappa shape index (κ1) is 16.3. The molecule has 4 nitrogen and oxygen atoms in total. The lowest BCUT2D eigenvalue weighted by atomic mass is 9.95. The van der Waals surface area contributed by atoms with Gasteiger partial charge in [-0.1, -0.05) is 37.5 Å². The summed E-state index contributed by atoms with van der Waals surface area (Å²) in [6.07, 6.45) is 6.15. The summed E-state index contributed by atoms with van der Waals surface area (Å²) in [4.78, 5) is 17.2. The highest BCUT2D eigenvalue weighted by Crippen LogP contribution is 2.19. The number of amides is 1. The number of anilines is 1. The summed E-state index contributed by atoms with van der Waals surface area (Å²) >= 11 is 0. The summed E-state index contributed by atoms with van der Waals surface area (Å²) in [6.45, 7) is 5.94. The lowest BCUT2D eigenvalue weighted by Gasteiger charge is -2.39. The Balaban J connectivity index is 1.47. The Kier molecular flexibility index (Phi) is 5.55. The van der Waals surface area contributed by atoms with Gasteiger partial charge in [0.2, 0.25) is 5.91 Å². The summed E-state index contributed by atoms with van der Waals surface area (Å²) < 4.78 is 0. The first-order valence-electron chi connectivity index (χ1n) is 9.08. The fourth-order valence-corrected chi connectivity index (χ4v) is 3.74. The molecule has 0 aromatic heterocycles. The molecule has 0 radical (unpaired) electrons. The van der Waals surface area contributed by atoms with Crippen LogP contribution in [0.15, 0.2) is 30.3 Å². The molecule has 1 aliphatic carbocycles. The third-order valence-electron chi connectivity index (χ3n) is 5.31. The smallest absolute Gasteiger partial charge is 0.237 e.